The third kappa shape index (κ3) is 3.07. The van der Waals surface area contributed by atoms with E-state index in [1.807, 2.05) is 11.8 Å². The smallest absolute Gasteiger partial charge is 0.237 e. The van der Waals surface area contributed by atoms with Crippen molar-refractivity contribution in [2.75, 3.05) is 5.75 Å². The summed E-state index contributed by atoms with van der Waals surface area (Å²) in [4.78, 5) is 0. The summed E-state index contributed by atoms with van der Waals surface area (Å²) < 4.78 is 4.45. The lowest BCUT2D eigenvalue weighted by atomic mass is 10.4. The van der Waals surface area contributed by atoms with Crippen molar-refractivity contribution in [2.24, 2.45) is 7.05 Å². The first-order valence-electron chi connectivity index (χ1n) is 4.84. The van der Waals surface area contributed by atoms with Crippen molar-refractivity contribution >= 4 is 11.8 Å². The molecule has 1 aromatic heterocycles. The van der Waals surface area contributed by atoms with Gasteiger partial charge in [0, 0.05) is 6.92 Å². The van der Waals surface area contributed by atoms with Crippen LogP contribution in [0, 0.1) is 6.92 Å². The Labute approximate surface area is 85.0 Å². The highest BCUT2D eigenvalue weighted by molar-refractivity contribution is 7.98. The molecule has 1 rings (SSSR count). The van der Waals surface area contributed by atoms with Gasteiger partial charge < -0.3 is 0 Å². The minimum atomic E-state index is 1.09. The highest BCUT2D eigenvalue weighted by Crippen LogP contribution is 2.08. The zero-order chi connectivity index (χ0) is 9.68. The molecule has 0 fully saturated rings. The summed E-state index contributed by atoms with van der Waals surface area (Å²) in [7, 11) is 2.09. The molecule has 0 radical (unpaired) electrons. The maximum absolute atomic E-state index is 2.29. The van der Waals surface area contributed by atoms with Gasteiger partial charge in [0.05, 0.1) is 7.05 Å². The Balaban J connectivity index is 2.32. The van der Waals surface area contributed by atoms with Crippen molar-refractivity contribution in [2.45, 2.75) is 32.6 Å². The Morgan fingerprint density at radius 2 is 2.31 bits per heavy atom. The van der Waals surface area contributed by atoms with E-state index in [0.717, 1.165) is 5.88 Å². The molecule has 0 saturated carbocycles. The van der Waals surface area contributed by atoms with Gasteiger partial charge in [0.15, 0.2) is 0 Å². The van der Waals surface area contributed by atoms with E-state index < -0.39 is 0 Å². The fourth-order valence-corrected chi connectivity index (χ4v) is 2.24. The number of imidazole rings is 1. The van der Waals surface area contributed by atoms with E-state index >= 15 is 0 Å². The standard InChI is InChI=1S/C10H19N2S/c1-4-5-8-13-9-12-7-6-11(3)10(12)2/h6-7H,4-5,8-9H2,1-3H3/q+1. The van der Waals surface area contributed by atoms with Gasteiger partial charge in [-0.05, 0) is 12.2 Å². The largest absolute Gasteiger partial charge is 0.253 e. The maximum Gasteiger partial charge on any atom is 0.253 e. The fourth-order valence-electron chi connectivity index (χ4n) is 1.14. The summed E-state index contributed by atoms with van der Waals surface area (Å²) in [6, 6.07) is 0. The van der Waals surface area contributed by atoms with Crippen LogP contribution in [-0.2, 0) is 12.9 Å². The van der Waals surface area contributed by atoms with E-state index in [-0.39, 0.29) is 0 Å². The van der Waals surface area contributed by atoms with Gasteiger partial charge in [-0.25, -0.2) is 9.13 Å². The van der Waals surface area contributed by atoms with E-state index in [0.29, 0.717) is 0 Å². The average Bonchev–Trinajstić information content (AvgIpc) is 2.43. The fraction of sp³-hybridized carbons (Fsp3) is 0.700. The summed E-state index contributed by atoms with van der Waals surface area (Å²) in [5, 5.41) is 0. The molecule has 0 spiro atoms. The molecule has 13 heavy (non-hydrogen) atoms. The van der Waals surface area contributed by atoms with E-state index in [1.54, 1.807) is 0 Å². The molecule has 2 nitrogen and oxygen atoms in total. The highest BCUT2D eigenvalue weighted by Gasteiger charge is 2.07. The van der Waals surface area contributed by atoms with Crippen molar-refractivity contribution in [3.63, 3.8) is 0 Å². The van der Waals surface area contributed by atoms with E-state index in [9.17, 15) is 0 Å². The van der Waals surface area contributed by atoms with Crippen LogP contribution in [-0.4, -0.2) is 10.3 Å². The van der Waals surface area contributed by atoms with Gasteiger partial charge in [-0.2, -0.15) is 0 Å². The predicted molar refractivity (Wildman–Crippen MR) is 57.7 cm³/mol. The quantitative estimate of drug-likeness (QED) is 0.521. The van der Waals surface area contributed by atoms with Crippen LogP contribution < -0.4 is 4.57 Å². The monoisotopic (exact) mass is 199 g/mol. The summed E-state index contributed by atoms with van der Waals surface area (Å²) in [6.45, 7) is 4.39. The zero-order valence-corrected chi connectivity index (χ0v) is 9.60. The molecule has 0 atom stereocenters. The van der Waals surface area contributed by atoms with Crippen LogP contribution in [0.3, 0.4) is 0 Å². The van der Waals surface area contributed by atoms with Gasteiger partial charge in [-0.1, -0.05) is 13.3 Å². The summed E-state index contributed by atoms with van der Waals surface area (Å²) in [5.41, 5.74) is 0. The minimum absolute atomic E-state index is 1.09. The molecular formula is C10H19N2S+. The SMILES string of the molecule is CCCCSCn1cc[n+](C)c1C. The van der Waals surface area contributed by atoms with Gasteiger partial charge in [0.2, 0.25) is 0 Å². The molecule has 1 aromatic rings. The van der Waals surface area contributed by atoms with Gasteiger partial charge in [-0.15, -0.1) is 11.8 Å². The summed E-state index contributed by atoms with van der Waals surface area (Å²) >= 11 is 2.01. The van der Waals surface area contributed by atoms with Crippen LogP contribution in [0.2, 0.25) is 0 Å². The highest BCUT2D eigenvalue weighted by atomic mass is 32.2. The Bertz CT molecular complexity index is 255. The predicted octanol–water partition coefficient (Wildman–Crippen LogP) is 2.11. The number of unbranched alkanes of at least 4 members (excludes halogenated alkanes) is 1. The molecule has 0 aliphatic rings. The Morgan fingerprint density at radius 3 is 2.85 bits per heavy atom. The molecule has 0 amide bonds. The lowest BCUT2D eigenvalue weighted by molar-refractivity contribution is -0.677. The first-order chi connectivity index (χ1) is 6.25. The van der Waals surface area contributed by atoms with E-state index in [4.69, 9.17) is 0 Å². The minimum Gasteiger partial charge on any atom is -0.237 e. The number of hydrogen-bond acceptors (Lipinski definition) is 1. The van der Waals surface area contributed by atoms with Crippen LogP contribution in [0.5, 0.6) is 0 Å². The molecule has 3 heteroatoms. The zero-order valence-electron chi connectivity index (χ0n) is 8.79. The second-order valence-electron chi connectivity index (χ2n) is 3.32. The van der Waals surface area contributed by atoms with Crippen LogP contribution >= 0.6 is 11.8 Å². The third-order valence-corrected chi connectivity index (χ3v) is 3.31. The number of aryl methyl sites for hydroxylation is 1. The number of nitrogens with zero attached hydrogens (tertiary/aromatic N) is 2. The molecule has 0 N–H and O–H groups in total. The van der Waals surface area contributed by atoms with Gasteiger partial charge >= 0.3 is 0 Å². The summed E-state index contributed by atoms with van der Waals surface area (Å²) in [5.74, 6) is 3.69. The second kappa shape index (κ2) is 5.32. The number of thioether (sulfide) groups is 1. The van der Waals surface area contributed by atoms with Crippen LogP contribution in [0.1, 0.15) is 25.6 Å². The van der Waals surface area contributed by atoms with Crippen molar-refractivity contribution in [1.82, 2.24) is 4.57 Å². The maximum atomic E-state index is 2.29. The second-order valence-corrected chi connectivity index (χ2v) is 4.39. The molecule has 74 valence electrons. The van der Waals surface area contributed by atoms with Gasteiger partial charge in [0.1, 0.15) is 18.3 Å². The molecule has 0 aliphatic heterocycles. The molecule has 1 heterocycles. The van der Waals surface area contributed by atoms with Crippen LogP contribution in [0.25, 0.3) is 0 Å². The third-order valence-electron chi connectivity index (χ3n) is 2.27. The van der Waals surface area contributed by atoms with Crippen LogP contribution in [0.4, 0.5) is 0 Å². The summed E-state index contributed by atoms with van der Waals surface area (Å²) in [6.07, 6.45) is 6.88. The van der Waals surface area contributed by atoms with Gasteiger partial charge in [0.25, 0.3) is 5.82 Å². The first-order valence-corrected chi connectivity index (χ1v) is 6.00. The number of hydrogen-bond donors (Lipinski definition) is 0. The normalized spacial score (nSPS) is 10.7. The van der Waals surface area contributed by atoms with Crippen molar-refractivity contribution in [3.8, 4) is 0 Å². The molecule has 0 unspecified atom stereocenters. The Kier molecular flexibility index (Phi) is 4.36. The molecule has 0 saturated heterocycles. The van der Waals surface area contributed by atoms with Crippen molar-refractivity contribution < 1.29 is 4.57 Å². The number of aromatic nitrogens is 2. The Hall–Kier alpha value is -0.440. The molecule has 0 bridgehead atoms. The molecule has 0 aliphatic carbocycles. The lowest BCUT2D eigenvalue weighted by Crippen LogP contribution is -2.29. The molecule has 0 aromatic carbocycles. The number of rotatable bonds is 5. The van der Waals surface area contributed by atoms with E-state index in [1.165, 1.54) is 24.4 Å². The topological polar surface area (TPSA) is 8.81 Å². The van der Waals surface area contributed by atoms with Gasteiger partial charge in [-0.3, -0.25) is 0 Å². The first kappa shape index (κ1) is 10.6. The molecular weight excluding hydrogens is 180 g/mol. The lowest BCUT2D eigenvalue weighted by Gasteiger charge is -1.98. The van der Waals surface area contributed by atoms with E-state index in [2.05, 4.69) is 42.4 Å². The van der Waals surface area contributed by atoms with Crippen molar-refractivity contribution in [3.05, 3.63) is 18.2 Å². The average molecular weight is 199 g/mol. The van der Waals surface area contributed by atoms with Crippen molar-refractivity contribution in [1.29, 1.82) is 0 Å². The van der Waals surface area contributed by atoms with Crippen LogP contribution in [0.15, 0.2) is 12.4 Å². The Morgan fingerprint density at radius 1 is 1.54 bits per heavy atom.